The highest BCUT2D eigenvalue weighted by Gasteiger charge is 2.33. The van der Waals surface area contributed by atoms with Crippen LogP contribution in [-0.4, -0.2) is 45.3 Å². The van der Waals surface area contributed by atoms with E-state index < -0.39 is 0 Å². The molecule has 1 aliphatic heterocycles. The fraction of sp³-hybridized carbons (Fsp3) is 0.692. The van der Waals surface area contributed by atoms with Crippen molar-refractivity contribution in [3.05, 3.63) is 18.0 Å². The van der Waals surface area contributed by atoms with Crippen LogP contribution in [0.5, 0.6) is 0 Å². The second-order valence-electron chi connectivity index (χ2n) is 4.92. The molecule has 4 nitrogen and oxygen atoms in total. The maximum absolute atomic E-state index is 9.24. The van der Waals surface area contributed by atoms with Crippen LogP contribution < -0.4 is 0 Å². The van der Waals surface area contributed by atoms with Gasteiger partial charge in [-0.3, -0.25) is 4.68 Å². The molecule has 0 aromatic carbocycles. The van der Waals surface area contributed by atoms with Gasteiger partial charge in [0.15, 0.2) is 0 Å². The van der Waals surface area contributed by atoms with Gasteiger partial charge in [-0.05, 0) is 31.1 Å². The highest BCUT2D eigenvalue weighted by atomic mass is 32.2. The molecule has 18 heavy (non-hydrogen) atoms. The van der Waals surface area contributed by atoms with Crippen LogP contribution in [0.15, 0.2) is 12.4 Å². The summed E-state index contributed by atoms with van der Waals surface area (Å²) >= 11 is 1.71. The topological polar surface area (TPSA) is 44.9 Å². The zero-order chi connectivity index (χ0) is 13.0. The second kappa shape index (κ2) is 5.77. The zero-order valence-corrected chi connectivity index (χ0v) is 11.9. The molecular weight excluding hydrogens is 244 g/mol. The van der Waals surface area contributed by atoms with Crippen molar-refractivity contribution in [2.24, 2.45) is 7.05 Å². The van der Waals surface area contributed by atoms with E-state index in [1.807, 2.05) is 17.9 Å². The fourth-order valence-corrected chi connectivity index (χ4v) is 3.07. The van der Waals surface area contributed by atoms with Crippen LogP contribution in [0.2, 0.25) is 0 Å². The quantitative estimate of drug-likeness (QED) is 0.830. The van der Waals surface area contributed by atoms with Gasteiger partial charge in [0, 0.05) is 32.9 Å². The van der Waals surface area contributed by atoms with Gasteiger partial charge in [-0.1, -0.05) is 0 Å². The zero-order valence-electron chi connectivity index (χ0n) is 11.1. The summed E-state index contributed by atoms with van der Waals surface area (Å²) in [4.78, 5) is 2.46. The molecule has 1 fully saturated rings. The predicted octanol–water partition coefficient (Wildman–Crippen LogP) is 1.68. The average molecular weight is 264 g/mol. The van der Waals surface area contributed by atoms with Crippen molar-refractivity contribution < 1.29 is 0 Å². The first kappa shape index (κ1) is 13.4. The first-order valence-corrected chi connectivity index (χ1v) is 7.56. The van der Waals surface area contributed by atoms with Crippen LogP contribution in [0.1, 0.15) is 18.4 Å². The molecule has 1 aromatic heterocycles. The number of likely N-dealkylation sites (tertiary alicyclic amines) is 1. The number of rotatable bonds is 4. The Morgan fingerprint density at radius 3 is 2.72 bits per heavy atom. The summed E-state index contributed by atoms with van der Waals surface area (Å²) in [5.41, 5.74) is 1.29. The molecule has 5 heteroatoms. The molecular formula is C13H20N4S. The van der Waals surface area contributed by atoms with Crippen LogP contribution in [0, 0.1) is 11.3 Å². The largest absolute Gasteiger partial charge is 0.303 e. The maximum Gasteiger partial charge on any atom is 0.104 e. The Kier molecular flexibility index (Phi) is 4.31. The van der Waals surface area contributed by atoms with E-state index in [0.717, 1.165) is 38.9 Å². The van der Waals surface area contributed by atoms with Crippen LogP contribution >= 0.6 is 11.8 Å². The summed E-state index contributed by atoms with van der Waals surface area (Å²) in [6, 6.07) is 2.49. The smallest absolute Gasteiger partial charge is 0.104 e. The molecule has 2 heterocycles. The average Bonchev–Trinajstić information content (AvgIpc) is 2.83. The van der Waals surface area contributed by atoms with Gasteiger partial charge in [-0.15, -0.1) is 11.8 Å². The third kappa shape index (κ3) is 3.06. The van der Waals surface area contributed by atoms with E-state index in [9.17, 15) is 5.26 Å². The molecule has 0 aliphatic carbocycles. The van der Waals surface area contributed by atoms with Crippen LogP contribution in [0.4, 0.5) is 0 Å². The van der Waals surface area contributed by atoms with Crippen molar-refractivity contribution in [1.82, 2.24) is 14.7 Å². The SMILES string of the molecule is CSC1(C#N)CCN(CCc2cnn(C)c2)CC1. The van der Waals surface area contributed by atoms with Crippen LogP contribution in [0.3, 0.4) is 0 Å². The number of aryl methyl sites for hydroxylation is 1. The van der Waals surface area contributed by atoms with Crippen molar-refractivity contribution in [3.63, 3.8) is 0 Å². The first-order valence-electron chi connectivity index (χ1n) is 6.34. The van der Waals surface area contributed by atoms with E-state index in [1.54, 1.807) is 11.8 Å². The van der Waals surface area contributed by atoms with E-state index in [2.05, 4.69) is 28.5 Å². The lowest BCUT2D eigenvalue weighted by Crippen LogP contribution is -2.42. The van der Waals surface area contributed by atoms with Crippen LogP contribution in [-0.2, 0) is 13.5 Å². The number of piperidine rings is 1. The van der Waals surface area contributed by atoms with E-state index in [0.29, 0.717) is 0 Å². The summed E-state index contributed by atoms with van der Waals surface area (Å²) in [5.74, 6) is 0. The third-order valence-corrected chi connectivity index (χ3v) is 5.01. The van der Waals surface area contributed by atoms with Gasteiger partial charge >= 0.3 is 0 Å². The van der Waals surface area contributed by atoms with Crippen molar-refractivity contribution in [2.45, 2.75) is 24.0 Å². The van der Waals surface area contributed by atoms with Crippen molar-refractivity contribution >= 4 is 11.8 Å². The van der Waals surface area contributed by atoms with Crippen molar-refractivity contribution in [2.75, 3.05) is 25.9 Å². The molecule has 0 amide bonds. The predicted molar refractivity (Wildman–Crippen MR) is 74.4 cm³/mol. The number of hydrogen-bond acceptors (Lipinski definition) is 4. The van der Waals surface area contributed by atoms with Gasteiger partial charge < -0.3 is 4.90 Å². The molecule has 1 saturated heterocycles. The van der Waals surface area contributed by atoms with E-state index in [-0.39, 0.29) is 4.75 Å². The first-order chi connectivity index (χ1) is 8.67. The minimum absolute atomic E-state index is 0.134. The Morgan fingerprint density at radius 2 is 2.22 bits per heavy atom. The monoisotopic (exact) mass is 264 g/mol. The minimum Gasteiger partial charge on any atom is -0.303 e. The summed E-state index contributed by atoms with van der Waals surface area (Å²) in [7, 11) is 1.95. The lowest BCUT2D eigenvalue weighted by molar-refractivity contribution is 0.219. The molecule has 0 spiro atoms. The van der Waals surface area contributed by atoms with Gasteiger partial charge in [0.1, 0.15) is 4.75 Å². The molecule has 2 rings (SSSR count). The highest BCUT2D eigenvalue weighted by molar-refractivity contribution is 8.00. The molecule has 1 aliphatic rings. The minimum atomic E-state index is -0.134. The Balaban J connectivity index is 1.79. The van der Waals surface area contributed by atoms with Crippen molar-refractivity contribution in [1.29, 1.82) is 5.26 Å². The van der Waals surface area contributed by atoms with Crippen molar-refractivity contribution in [3.8, 4) is 6.07 Å². The molecule has 0 N–H and O–H groups in total. The molecule has 0 saturated carbocycles. The lowest BCUT2D eigenvalue weighted by atomic mass is 9.97. The van der Waals surface area contributed by atoms with Crippen LogP contribution in [0.25, 0.3) is 0 Å². The Bertz CT molecular complexity index is 426. The standard InChI is InChI=1S/C13H20N4S/c1-16-10-12(9-15-16)3-6-17-7-4-13(11-14,18-2)5-8-17/h9-10H,3-8H2,1-2H3. The van der Waals surface area contributed by atoms with E-state index >= 15 is 0 Å². The summed E-state index contributed by atoms with van der Waals surface area (Å²) in [6.45, 7) is 3.14. The molecule has 0 radical (unpaired) electrons. The molecule has 0 unspecified atom stereocenters. The fourth-order valence-electron chi connectivity index (χ4n) is 2.39. The number of nitriles is 1. The normalized spacial score (nSPS) is 19.6. The summed E-state index contributed by atoms with van der Waals surface area (Å²) in [5, 5.41) is 13.4. The Hall–Kier alpha value is -0.990. The second-order valence-corrected chi connectivity index (χ2v) is 6.11. The van der Waals surface area contributed by atoms with Gasteiger partial charge in [0.05, 0.1) is 12.3 Å². The van der Waals surface area contributed by atoms with E-state index in [4.69, 9.17) is 0 Å². The highest BCUT2D eigenvalue weighted by Crippen LogP contribution is 2.33. The Labute approximate surface area is 113 Å². The molecule has 0 bridgehead atoms. The number of hydrogen-bond donors (Lipinski definition) is 0. The molecule has 0 atom stereocenters. The molecule has 98 valence electrons. The number of nitrogens with zero attached hydrogens (tertiary/aromatic N) is 4. The lowest BCUT2D eigenvalue weighted by Gasteiger charge is -2.36. The molecule has 1 aromatic rings. The Morgan fingerprint density at radius 1 is 1.50 bits per heavy atom. The number of thioether (sulfide) groups is 1. The van der Waals surface area contributed by atoms with Gasteiger partial charge in [-0.25, -0.2) is 0 Å². The van der Waals surface area contributed by atoms with Gasteiger partial charge in [-0.2, -0.15) is 10.4 Å². The maximum atomic E-state index is 9.24. The summed E-state index contributed by atoms with van der Waals surface area (Å²) < 4.78 is 1.71. The third-order valence-electron chi connectivity index (χ3n) is 3.73. The van der Waals surface area contributed by atoms with Gasteiger partial charge in [0.25, 0.3) is 0 Å². The van der Waals surface area contributed by atoms with Gasteiger partial charge in [0.2, 0.25) is 0 Å². The number of aromatic nitrogens is 2. The summed E-state index contributed by atoms with van der Waals surface area (Å²) in [6.07, 6.45) is 9.08. The van der Waals surface area contributed by atoms with E-state index in [1.165, 1.54) is 5.56 Å².